The standard InChI is InChI=1S/C10H12N2/c1-3-8-5-4-6-10-9(8)7-11-12(10)2/h4-7H,3H2,1-2H3. The van der Waals surface area contributed by atoms with Gasteiger partial charge in [-0.3, -0.25) is 4.68 Å². The van der Waals surface area contributed by atoms with Crippen LogP contribution in [-0.2, 0) is 13.5 Å². The zero-order valence-electron chi connectivity index (χ0n) is 7.41. The van der Waals surface area contributed by atoms with Gasteiger partial charge in [0.2, 0.25) is 0 Å². The Bertz CT molecular complexity index is 401. The quantitative estimate of drug-likeness (QED) is 0.625. The SMILES string of the molecule is CCc1cccc2c1cnn2C. The number of fused-ring (bicyclic) bond motifs is 1. The smallest absolute Gasteiger partial charge is 0.0681 e. The number of hydrogen-bond acceptors (Lipinski definition) is 1. The summed E-state index contributed by atoms with van der Waals surface area (Å²) < 4.78 is 1.91. The molecule has 0 spiro atoms. The molecule has 1 aromatic heterocycles. The van der Waals surface area contributed by atoms with Crippen molar-refractivity contribution in [3.8, 4) is 0 Å². The molecule has 0 aliphatic carbocycles. The second kappa shape index (κ2) is 2.63. The van der Waals surface area contributed by atoms with E-state index < -0.39 is 0 Å². The monoisotopic (exact) mass is 160 g/mol. The summed E-state index contributed by atoms with van der Waals surface area (Å²) in [5.41, 5.74) is 2.59. The molecule has 12 heavy (non-hydrogen) atoms. The molecule has 1 aromatic carbocycles. The first kappa shape index (κ1) is 7.35. The van der Waals surface area contributed by atoms with Crippen molar-refractivity contribution < 1.29 is 0 Å². The van der Waals surface area contributed by atoms with E-state index >= 15 is 0 Å². The summed E-state index contributed by atoms with van der Waals surface area (Å²) in [5.74, 6) is 0. The summed E-state index contributed by atoms with van der Waals surface area (Å²) in [7, 11) is 1.97. The molecule has 2 heteroatoms. The molecule has 2 rings (SSSR count). The number of aromatic nitrogens is 2. The van der Waals surface area contributed by atoms with Gasteiger partial charge in [0.25, 0.3) is 0 Å². The number of benzene rings is 1. The highest BCUT2D eigenvalue weighted by Gasteiger charge is 2.01. The van der Waals surface area contributed by atoms with Crippen LogP contribution in [0.3, 0.4) is 0 Å². The molecule has 0 saturated carbocycles. The molecule has 2 aromatic rings. The highest BCUT2D eigenvalue weighted by atomic mass is 15.2. The third-order valence-corrected chi connectivity index (χ3v) is 2.26. The zero-order chi connectivity index (χ0) is 8.55. The van der Waals surface area contributed by atoms with Gasteiger partial charge >= 0.3 is 0 Å². The van der Waals surface area contributed by atoms with Crippen LogP contribution in [0.4, 0.5) is 0 Å². The average Bonchev–Trinajstić information content (AvgIpc) is 2.48. The van der Waals surface area contributed by atoms with Crippen molar-refractivity contribution in [1.29, 1.82) is 0 Å². The molecule has 2 nitrogen and oxygen atoms in total. The van der Waals surface area contributed by atoms with Crippen LogP contribution >= 0.6 is 0 Å². The van der Waals surface area contributed by atoms with Gasteiger partial charge in [0.1, 0.15) is 0 Å². The number of nitrogens with zero attached hydrogens (tertiary/aromatic N) is 2. The molecule has 0 bridgehead atoms. The maximum absolute atomic E-state index is 4.22. The van der Waals surface area contributed by atoms with Crippen LogP contribution in [0.2, 0.25) is 0 Å². The Morgan fingerprint density at radius 3 is 3.00 bits per heavy atom. The van der Waals surface area contributed by atoms with Crippen molar-refractivity contribution in [1.82, 2.24) is 9.78 Å². The topological polar surface area (TPSA) is 17.8 Å². The van der Waals surface area contributed by atoms with E-state index in [2.05, 4.69) is 30.2 Å². The predicted octanol–water partition coefficient (Wildman–Crippen LogP) is 2.14. The van der Waals surface area contributed by atoms with Crippen LogP contribution < -0.4 is 0 Å². The summed E-state index contributed by atoms with van der Waals surface area (Å²) >= 11 is 0. The molecule has 0 amide bonds. The molecular formula is C10H12N2. The molecule has 0 radical (unpaired) electrons. The lowest BCUT2D eigenvalue weighted by Gasteiger charge is -1.98. The zero-order valence-corrected chi connectivity index (χ0v) is 7.41. The highest BCUT2D eigenvalue weighted by Crippen LogP contribution is 2.17. The Morgan fingerprint density at radius 1 is 1.42 bits per heavy atom. The molecular weight excluding hydrogens is 148 g/mol. The third-order valence-electron chi connectivity index (χ3n) is 2.26. The van der Waals surface area contributed by atoms with Crippen LogP contribution in [0, 0.1) is 0 Å². The van der Waals surface area contributed by atoms with Crippen molar-refractivity contribution in [2.24, 2.45) is 7.05 Å². The molecule has 0 aliphatic heterocycles. The second-order valence-electron chi connectivity index (χ2n) is 2.97. The Hall–Kier alpha value is -1.31. The van der Waals surface area contributed by atoms with Crippen LogP contribution in [0.15, 0.2) is 24.4 Å². The Kier molecular flexibility index (Phi) is 1.61. The van der Waals surface area contributed by atoms with Gasteiger partial charge < -0.3 is 0 Å². The van der Waals surface area contributed by atoms with Crippen LogP contribution in [-0.4, -0.2) is 9.78 Å². The lowest BCUT2D eigenvalue weighted by Crippen LogP contribution is -1.88. The van der Waals surface area contributed by atoms with Crippen molar-refractivity contribution >= 4 is 10.9 Å². The number of aryl methyl sites for hydroxylation is 2. The van der Waals surface area contributed by atoms with Gasteiger partial charge in [-0.05, 0) is 18.1 Å². The fourth-order valence-corrected chi connectivity index (χ4v) is 1.55. The molecule has 0 N–H and O–H groups in total. The third kappa shape index (κ3) is 0.916. The molecule has 0 fully saturated rings. The minimum Gasteiger partial charge on any atom is -0.268 e. The first-order valence-corrected chi connectivity index (χ1v) is 4.22. The van der Waals surface area contributed by atoms with Crippen LogP contribution in [0.25, 0.3) is 10.9 Å². The first-order valence-electron chi connectivity index (χ1n) is 4.22. The van der Waals surface area contributed by atoms with E-state index in [1.807, 2.05) is 17.9 Å². The summed E-state index contributed by atoms with van der Waals surface area (Å²) in [6.45, 7) is 2.17. The maximum Gasteiger partial charge on any atom is 0.0681 e. The highest BCUT2D eigenvalue weighted by molar-refractivity contribution is 5.82. The lowest BCUT2D eigenvalue weighted by atomic mass is 10.1. The first-order chi connectivity index (χ1) is 5.83. The van der Waals surface area contributed by atoms with E-state index in [0.717, 1.165) is 6.42 Å². The van der Waals surface area contributed by atoms with Gasteiger partial charge in [0, 0.05) is 12.4 Å². The summed E-state index contributed by atoms with van der Waals surface area (Å²) in [6.07, 6.45) is 3.01. The van der Waals surface area contributed by atoms with Gasteiger partial charge in [-0.25, -0.2) is 0 Å². The molecule has 0 aliphatic rings. The van der Waals surface area contributed by atoms with Crippen molar-refractivity contribution in [3.05, 3.63) is 30.0 Å². The fourth-order valence-electron chi connectivity index (χ4n) is 1.55. The Balaban J connectivity index is 2.81. The molecule has 0 saturated heterocycles. The van der Waals surface area contributed by atoms with Crippen molar-refractivity contribution in [2.45, 2.75) is 13.3 Å². The van der Waals surface area contributed by atoms with Crippen molar-refractivity contribution in [3.63, 3.8) is 0 Å². The fraction of sp³-hybridized carbons (Fsp3) is 0.300. The van der Waals surface area contributed by atoms with E-state index in [0.29, 0.717) is 0 Å². The van der Waals surface area contributed by atoms with Gasteiger partial charge in [-0.1, -0.05) is 19.1 Å². The molecule has 0 atom stereocenters. The predicted molar refractivity (Wildman–Crippen MR) is 50.1 cm³/mol. The minimum atomic E-state index is 1.07. The summed E-state index contributed by atoms with van der Waals surface area (Å²) in [4.78, 5) is 0. The molecule has 0 unspecified atom stereocenters. The number of rotatable bonds is 1. The van der Waals surface area contributed by atoms with Crippen LogP contribution in [0.1, 0.15) is 12.5 Å². The van der Waals surface area contributed by atoms with E-state index in [1.54, 1.807) is 0 Å². The Morgan fingerprint density at radius 2 is 2.25 bits per heavy atom. The minimum absolute atomic E-state index is 1.07. The largest absolute Gasteiger partial charge is 0.268 e. The average molecular weight is 160 g/mol. The maximum atomic E-state index is 4.22. The van der Waals surface area contributed by atoms with E-state index in [-0.39, 0.29) is 0 Å². The Labute approximate surface area is 71.8 Å². The molecule has 62 valence electrons. The summed E-state index contributed by atoms with van der Waals surface area (Å²) in [6, 6.07) is 6.34. The lowest BCUT2D eigenvalue weighted by molar-refractivity contribution is 0.797. The van der Waals surface area contributed by atoms with Crippen molar-refractivity contribution in [2.75, 3.05) is 0 Å². The van der Waals surface area contributed by atoms with E-state index in [1.165, 1.54) is 16.5 Å². The summed E-state index contributed by atoms with van der Waals surface area (Å²) in [5, 5.41) is 5.50. The van der Waals surface area contributed by atoms with Gasteiger partial charge in [-0.2, -0.15) is 5.10 Å². The van der Waals surface area contributed by atoms with E-state index in [9.17, 15) is 0 Å². The molecule has 1 heterocycles. The van der Waals surface area contributed by atoms with Gasteiger partial charge in [0.05, 0.1) is 11.7 Å². The van der Waals surface area contributed by atoms with Gasteiger partial charge in [-0.15, -0.1) is 0 Å². The van der Waals surface area contributed by atoms with Crippen LogP contribution in [0.5, 0.6) is 0 Å². The number of hydrogen-bond donors (Lipinski definition) is 0. The normalized spacial score (nSPS) is 10.8. The van der Waals surface area contributed by atoms with E-state index in [4.69, 9.17) is 0 Å². The second-order valence-corrected chi connectivity index (χ2v) is 2.97. The van der Waals surface area contributed by atoms with Gasteiger partial charge in [0.15, 0.2) is 0 Å².